The Bertz CT molecular complexity index is 786. The molecule has 1 aromatic heterocycles. The van der Waals surface area contributed by atoms with Crippen LogP contribution < -0.4 is 4.90 Å². The number of carbonyl (C=O) groups excluding carboxylic acids is 1. The Morgan fingerprint density at radius 3 is 2.83 bits per heavy atom. The van der Waals surface area contributed by atoms with Gasteiger partial charge in [-0.05, 0) is 30.3 Å². The molecule has 1 fully saturated rings. The van der Waals surface area contributed by atoms with Crippen molar-refractivity contribution in [1.29, 1.82) is 5.26 Å². The van der Waals surface area contributed by atoms with Crippen LogP contribution in [0.2, 0.25) is 0 Å². The molecular weight excluding hydrogens is 301 g/mol. The Morgan fingerprint density at radius 1 is 1.43 bits per heavy atom. The third-order valence-corrected chi connectivity index (χ3v) is 3.53. The van der Waals surface area contributed by atoms with Crippen LogP contribution in [0.4, 0.5) is 14.9 Å². The molecular formula is C16H12FN3O3. The number of halogens is 1. The van der Waals surface area contributed by atoms with Gasteiger partial charge in [-0.2, -0.15) is 5.26 Å². The number of aliphatic hydroxyl groups is 1. The Labute approximate surface area is 131 Å². The monoisotopic (exact) mass is 313 g/mol. The molecule has 0 saturated carbocycles. The first-order chi connectivity index (χ1) is 11.1. The predicted molar refractivity (Wildman–Crippen MR) is 79.0 cm³/mol. The van der Waals surface area contributed by atoms with Crippen molar-refractivity contribution in [3.05, 3.63) is 48.0 Å². The first-order valence-corrected chi connectivity index (χ1v) is 6.87. The van der Waals surface area contributed by atoms with E-state index in [4.69, 9.17) is 15.1 Å². The first-order valence-electron chi connectivity index (χ1n) is 6.87. The molecule has 0 bridgehead atoms. The molecule has 1 saturated heterocycles. The molecule has 1 atom stereocenters. The molecule has 1 aliphatic rings. The van der Waals surface area contributed by atoms with Gasteiger partial charge in [-0.15, -0.1) is 0 Å². The van der Waals surface area contributed by atoms with Crippen molar-refractivity contribution in [2.75, 3.05) is 18.1 Å². The van der Waals surface area contributed by atoms with Gasteiger partial charge in [0.2, 0.25) is 0 Å². The lowest BCUT2D eigenvalue weighted by Gasteiger charge is -2.14. The summed E-state index contributed by atoms with van der Waals surface area (Å²) in [6.45, 7) is -0.105. The second kappa shape index (κ2) is 6.02. The molecule has 2 aromatic rings. The maximum atomic E-state index is 14.4. The second-order valence-corrected chi connectivity index (χ2v) is 5.01. The molecule has 116 valence electrons. The number of hydrogen-bond donors (Lipinski definition) is 1. The molecule has 1 N–H and O–H groups in total. The fourth-order valence-corrected chi connectivity index (χ4v) is 2.35. The van der Waals surface area contributed by atoms with Crippen molar-refractivity contribution in [2.45, 2.75) is 6.10 Å². The zero-order valence-corrected chi connectivity index (χ0v) is 11.9. The maximum Gasteiger partial charge on any atom is 0.414 e. The predicted octanol–water partition coefficient (Wildman–Crippen LogP) is 2.08. The molecule has 0 radical (unpaired) electrons. The molecule has 0 spiro atoms. The van der Waals surface area contributed by atoms with Gasteiger partial charge in [0.05, 0.1) is 18.8 Å². The highest BCUT2D eigenvalue weighted by Gasteiger charge is 2.32. The van der Waals surface area contributed by atoms with Crippen LogP contribution in [0.15, 0.2) is 36.5 Å². The molecule has 6 nitrogen and oxygen atoms in total. The number of ether oxygens (including phenoxy) is 1. The molecule has 0 unspecified atom stereocenters. The standard InChI is InChI=1S/C16H12FN3O3/c17-15-5-12(20-8-13(9-21)23-16(20)22)3-4-14(15)10-1-2-11(6-18)19-7-10/h1-5,7,13,21H,8-9H2/t13-/m1/s1. The smallest absolute Gasteiger partial charge is 0.414 e. The van der Waals surface area contributed by atoms with Crippen molar-refractivity contribution in [3.63, 3.8) is 0 Å². The molecule has 1 aliphatic heterocycles. The molecule has 3 rings (SSSR count). The summed E-state index contributed by atoms with van der Waals surface area (Å²) in [7, 11) is 0. The Morgan fingerprint density at radius 2 is 2.26 bits per heavy atom. The lowest BCUT2D eigenvalue weighted by Crippen LogP contribution is -2.25. The lowest BCUT2D eigenvalue weighted by atomic mass is 10.1. The van der Waals surface area contributed by atoms with E-state index in [0.29, 0.717) is 16.8 Å². The van der Waals surface area contributed by atoms with Gasteiger partial charge in [0.25, 0.3) is 0 Å². The van der Waals surface area contributed by atoms with Gasteiger partial charge in [-0.3, -0.25) is 4.90 Å². The quantitative estimate of drug-likeness (QED) is 0.937. The molecule has 0 aliphatic carbocycles. The van der Waals surface area contributed by atoms with E-state index in [-0.39, 0.29) is 18.8 Å². The van der Waals surface area contributed by atoms with E-state index >= 15 is 0 Å². The molecule has 1 amide bonds. The fourth-order valence-electron chi connectivity index (χ4n) is 2.35. The Balaban J connectivity index is 1.89. The SMILES string of the molecule is N#Cc1ccc(-c2ccc(N3C[C@H](CO)OC3=O)cc2F)cn1. The van der Waals surface area contributed by atoms with E-state index in [2.05, 4.69) is 4.98 Å². The number of amides is 1. The summed E-state index contributed by atoms with van der Waals surface area (Å²) in [5.74, 6) is -0.519. The number of nitrogens with zero attached hydrogens (tertiary/aromatic N) is 3. The number of anilines is 1. The molecule has 1 aromatic carbocycles. The zero-order chi connectivity index (χ0) is 16.4. The van der Waals surface area contributed by atoms with Gasteiger partial charge >= 0.3 is 6.09 Å². The third-order valence-electron chi connectivity index (χ3n) is 3.53. The number of benzene rings is 1. The van der Waals surface area contributed by atoms with Crippen LogP contribution >= 0.6 is 0 Å². The average Bonchev–Trinajstić information content (AvgIpc) is 2.96. The topological polar surface area (TPSA) is 86.5 Å². The summed E-state index contributed by atoms with van der Waals surface area (Å²) in [6.07, 6.45) is 0.201. The van der Waals surface area contributed by atoms with Gasteiger partial charge in [-0.1, -0.05) is 0 Å². The molecule has 7 heteroatoms. The highest BCUT2D eigenvalue weighted by atomic mass is 19.1. The first kappa shape index (κ1) is 14.9. The summed E-state index contributed by atoms with van der Waals surface area (Å²) >= 11 is 0. The minimum Gasteiger partial charge on any atom is -0.441 e. The van der Waals surface area contributed by atoms with Crippen LogP contribution in [-0.2, 0) is 4.74 Å². The highest BCUT2D eigenvalue weighted by molar-refractivity contribution is 5.90. The van der Waals surface area contributed by atoms with Gasteiger partial charge in [0, 0.05) is 17.3 Å². The van der Waals surface area contributed by atoms with Gasteiger partial charge < -0.3 is 9.84 Å². The summed E-state index contributed by atoms with van der Waals surface area (Å²) < 4.78 is 19.3. The van der Waals surface area contributed by atoms with Crippen LogP contribution in [0.1, 0.15) is 5.69 Å². The maximum absolute atomic E-state index is 14.4. The van der Waals surface area contributed by atoms with Gasteiger partial charge in [-0.25, -0.2) is 14.2 Å². The number of hydrogen-bond acceptors (Lipinski definition) is 5. The van der Waals surface area contributed by atoms with Gasteiger partial charge in [0.1, 0.15) is 23.7 Å². The number of carbonyl (C=O) groups is 1. The van der Waals surface area contributed by atoms with Crippen molar-refractivity contribution >= 4 is 11.8 Å². The van der Waals surface area contributed by atoms with Gasteiger partial charge in [0.15, 0.2) is 0 Å². The lowest BCUT2D eigenvalue weighted by molar-refractivity contribution is 0.0963. The normalized spacial score (nSPS) is 17.0. The number of cyclic esters (lactones) is 1. The number of rotatable bonds is 3. The molecule has 2 heterocycles. The average molecular weight is 313 g/mol. The van der Waals surface area contributed by atoms with Crippen LogP contribution in [0.3, 0.4) is 0 Å². The number of aromatic nitrogens is 1. The summed E-state index contributed by atoms with van der Waals surface area (Å²) in [5.41, 5.74) is 1.46. The summed E-state index contributed by atoms with van der Waals surface area (Å²) in [4.78, 5) is 16.9. The highest BCUT2D eigenvalue weighted by Crippen LogP contribution is 2.28. The van der Waals surface area contributed by atoms with Crippen LogP contribution in [0.5, 0.6) is 0 Å². The summed E-state index contributed by atoms with van der Waals surface area (Å²) in [6, 6.07) is 9.37. The molecule has 23 heavy (non-hydrogen) atoms. The number of pyridine rings is 1. The van der Waals surface area contributed by atoms with Crippen LogP contribution in [0, 0.1) is 17.1 Å². The minimum atomic E-state index is -0.615. The fraction of sp³-hybridized carbons (Fsp3) is 0.188. The number of nitriles is 1. The minimum absolute atomic E-state index is 0.173. The van der Waals surface area contributed by atoms with E-state index in [0.717, 1.165) is 0 Å². The third kappa shape index (κ3) is 2.84. The van der Waals surface area contributed by atoms with Crippen molar-refractivity contribution in [2.24, 2.45) is 0 Å². The van der Waals surface area contributed by atoms with E-state index in [1.807, 2.05) is 6.07 Å². The largest absolute Gasteiger partial charge is 0.441 e. The van der Waals surface area contributed by atoms with Crippen molar-refractivity contribution in [3.8, 4) is 17.2 Å². The van der Waals surface area contributed by atoms with Crippen molar-refractivity contribution < 1.29 is 19.0 Å². The second-order valence-electron chi connectivity index (χ2n) is 5.01. The van der Waals surface area contributed by atoms with Crippen LogP contribution in [0.25, 0.3) is 11.1 Å². The van der Waals surface area contributed by atoms with E-state index in [1.54, 1.807) is 12.1 Å². The van der Waals surface area contributed by atoms with E-state index in [9.17, 15) is 9.18 Å². The Kier molecular flexibility index (Phi) is 3.91. The zero-order valence-electron chi connectivity index (χ0n) is 11.9. The van der Waals surface area contributed by atoms with E-state index in [1.165, 1.54) is 29.3 Å². The summed E-state index contributed by atoms with van der Waals surface area (Å²) in [5, 5.41) is 17.8. The Hall–Kier alpha value is -2.98. The van der Waals surface area contributed by atoms with E-state index < -0.39 is 18.0 Å². The number of aliphatic hydroxyl groups excluding tert-OH is 1. The van der Waals surface area contributed by atoms with Crippen LogP contribution in [-0.4, -0.2) is 35.4 Å². The van der Waals surface area contributed by atoms with Crippen molar-refractivity contribution in [1.82, 2.24) is 4.98 Å².